The molecule has 0 atom stereocenters. The summed E-state index contributed by atoms with van der Waals surface area (Å²) >= 11 is 0. The van der Waals surface area contributed by atoms with Gasteiger partial charge in [0.1, 0.15) is 22.7 Å². The van der Waals surface area contributed by atoms with Gasteiger partial charge in [0.15, 0.2) is 0 Å². The predicted molar refractivity (Wildman–Crippen MR) is 112 cm³/mol. The second-order valence-corrected chi connectivity index (χ2v) is 7.15. The van der Waals surface area contributed by atoms with Crippen molar-refractivity contribution < 1.29 is 23.8 Å². The van der Waals surface area contributed by atoms with E-state index in [1.807, 2.05) is 6.07 Å². The van der Waals surface area contributed by atoms with Gasteiger partial charge in [-0.05, 0) is 23.3 Å². The molecule has 164 valence electrons. The van der Waals surface area contributed by atoms with Crippen LogP contribution < -0.4 is 0 Å². The molecule has 0 aliphatic rings. The molecule has 3 heterocycles. The Labute approximate surface area is 184 Å². The maximum Gasteiger partial charge on any atom is 0.338 e. The van der Waals surface area contributed by atoms with Crippen molar-refractivity contribution in [3.8, 4) is 23.0 Å². The Kier molecular flexibility index (Phi) is 4.78. The van der Waals surface area contributed by atoms with Gasteiger partial charge in [0.25, 0.3) is 5.95 Å². The third-order valence-electron chi connectivity index (χ3n) is 5.05. The summed E-state index contributed by atoms with van der Waals surface area (Å²) in [6.07, 6.45) is 3.60. The number of carboxylic acid groups (broad SMARTS) is 1. The number of hydrogen-bond donors (Lipinski definition) is 2. The van der Waals surface area contributed by atoms with Crippen molar-refractivity contribution >= 4 is 17.0 Å². The number of carbonyl (C=O) groups is 1. The van der Waals surface area contributed by atoms with Crippen LogP contribution in [-0.4, -0.2) is 45.7 Å². The van der Waals surface area contributed by atoms with Crippen molar-refractivity contribution in [3.63, 3.8) is 0 Å². The minimum Gasteiger partial charge on any atom is -0.492 e. The number of aromatic nitrogens is 6. The third-order valence-corrected chi connectivity index (χ3v) is 5.05. The molecule has 0 spiro atoms. The second-order valence-electron chi connectivity index (χ2n) is 7.15. The van der Waals surface area contributed by atoms with E-state index in [4.69, 9.17) is 5.11 Å². The molecule has 0 saturated heterocycles. The fourth-order valence-corrected chi connectivity index (χ4v) is 3.43. The Morgan fingerprint density at radius 1 is 0.970 bits per heavy atom. The van der Waals surface area contributed by atoms with Gasteiger partial charge in [0, 0.05) is 11.8 Å². The predicted octanol–water partition coefficient (Wildman–Crippen LogP) is 3.41. The lowest BCUT2D eigenvalue weighted by Crippen LogP contribution is -2.08. The van der Waals surface area contributed by atoms with Crippen molar-refractivity contribution in [3.05, 3.63) is 83.8 Å². The summed E-state index contributed by atoms with van der Waals surface area (Å²) < 4.78 is 31.9. The summed E-state index contributed by atoms with van der Waals surface area (Å²) in [5.41, 5.74) is 1.01. The van der Waals surface area contributed by atoms with Crippen LogP contribution >= 0.6 is 0 Å². The zero-order chi connectivity index (χ0) is 23.1. The molecule has 0 unspecified atom stereocenters. The minimum atomic E-state index is -1.18. The van der Waals surface area contributed by atoms with E-state index >= 15 is 0 Å². The largest absolute Gasteiger partial charge is 0.492 e. The molecule has 0 bridgehead atoms. The number of nitrogens with zero attached hydrogens (tertiary/aromatic N) is 6. The fourth-order valence-electron chi connectivity index (χ4n) is 3.43. The van der Waals surface area contributed by atoms with E-state index in [0.29, 0.717) is 11.1 Å². The lowest BCUT2D eigenvalue weighted by molar-refractivity contribution is 0.0697. The van der Waals surface area contributed by atoms with E-state index in [1.54, 1.807) is 24.3 Å². The van der Waals surface area contributed by atoms with Gasteiger partial charge in [0.05, 0.1) is 24.5 Å². The second kappa shape index (κ2) is 7.79. The first-order chi connectivity index (χ1) is 15.9. The first-order valence-corrected chi connectivity index (χ1v) is 9.65. The number of halogens is 2. The molecule has 2 N–H and O–H groups in total. The zero-order valence-corrected chi connectivity index (χ0v) is 16.7. The number of benzene rings is 2. The third kappa shape index (κ3) is 3.65. The Morgan fingerprint density at radius 2 is 1.70 bits per heavy atom. The normalized spacial score (nSPS) is 11.2. The smallest absolute Gasteiger partial charge is 0.338 e. The Hall–Kier alpha value is -4.67. The fraction of sp³-hybridized carbons (Fsp3) is 0.0455. The molecule has 2 aromatic carbocycles. The van der Waals surface area contributed by atoms with Crippen LogP contribution in [0.2, 0.25) is 0 Å². The quantitative estimate of drug-likeness (QED) is 0.423. The highest BCUT2D eigenvalue weighted by molar-refractivity contribution is 5.87. The van der Waals surface area contributed by atoms with E-state index in [0.717, 1.165) is 10.9 Å². The molecular formula is C22H14F2N6O3. The van der Waals surface area contributed by atoms with Crippen molar-refractivity contribution in [2.75, 3.05) is 0 Å². The molecule has 0 saturated carbocycles. The highest BCUT2D eigenvalue weighted by Gasteiger charge is 2.19. The standard InChI is InChI=1S/C22H14F2N6O3/c23-16-6-13(12-4-2-1-3-5-12)7-17(24)15(16)11-29-19-18(9-26-29)27-22(28-20(19)31)30-10-14(8-25-30)21(32)33/h1-10H,11H2,(H,32,33)(H,27,28,31). The molecule has 9 nitrogen and oxygen atoms in total. The molecule has 0 amide bonds. The topological polar surface area (TPSA) is 119 Å². The lowest BCUT2D eigenvalue weighted by Gasteiger charge is -2.10. The van der Waals surface area contributed by atoms with Crippen LogP contribution in [0.4, 0.5) is 8.78 Å². The summed E-state index contributed by atoms with van der Waals surface area (Å²) in [4.78, 5) is 19.2. The molecule has 3 aromatic heterocycles. The number of rotatable bonds is 5. The van der Waals surface area contributed by atoms with Gasteiger partial charge >= 0.3 is 5.97 Å². The molecule has 0 aliphatic carbocycles. The van der Waals surface area contributed by atoms with E-state index in [-0.39, 0.29) is 34.7 Å². The molecule has 0 radical (unpaired) electrons. The van der Waals surface area contributed by atoms with Crippen molar-refractivity contribution in [1.82, 2.24) is 29.5 Å². The van der Waals surface area contributed by atoms with Crippen LogP contribution in [0.25, 0.3) is 28.1 Å². The molecule has 0 fully saturated rings. The summed E-state index contributed by atoms with van der Waals surface area (Å²) in [5.74, 6) is -3.28. The average Bonchev–Trinajstić information content (AvgIpc) is 3.45. The summed E-state index contributed by atoms with van der Waals surface area (Å²) in [6, 6.07) is 11.3. The highest BCUT2D eigenvalue weighted by Crippen LogP contribution is 2.27. The van der Waals surface area contributed by atoms with Gasteiger partial charge in [-0.1, -0.05) is 30.3 Å². The van der Waals surface area contributed by atoms with Crippen molar-refractivity contribution in [2.24, 2.45) is 0 Å². The van der Waals surface area contributed by atoms with Crippen LogP contribution in [0, 0.1) is 11.6 Å². The summed E-state index contributed by atoms with van der Waals surface area (Å²) in [7, 11) is 0. The van der Waals surface area contributed by atoms with Gasteiger partial charge in [-0.2, -0.15) is 15.2 Å². The zero-order valence-electron chi connectivity index (χ0n) is 16.7. The van der Waals surface area contributed by atoms with Crippen LogP contribution in [0.3, 0.4) is 0 Å². The number of aromatic carboxylic acids is 1. The first-order valence-electron chi connectivity index (χ1n) is 9.65. The number of fused-ring (bicyclic) bond motifs is 1. The number of carboxylic acids is 1. The van der Waals surface area contributed by atoms with E-state index < -0.39 is 23.5 Å². The van der Waals surface area contributed by atoms with Crippen LogP contribution in [0.1, 0.15) is 15.9 Å². The monoisotopic (exact) mass is 448 g/mol. The number of aromatic hydroxyl groups is 1. The van der Waals surface area contributed by atoms with E-state index in [1.165, 1.54) is 29.2 Å². The van der Waals surface area contributed by atoms with Gasteiger partial charge in [-0.25, -0.2) is 23.2 Å². The van der Waals surface area contributed by atoms with Gasteiger partial charge in [-0.15, -0.1) is 0 Å². The van der Waals surface area contributed by atoms with Crippen molar-refractivity contribution in [2.45, 2.75) is 6.54 Å². The molecular weight excluding hydrogens is 434 g/mol. The van der Waals surface area contributed by atoms with Crippen LogP contribution in [-0.2, 0) is 6.54 Å². The number of hydrogen-bond acceptors (Lipinski definition) is 6. The first kappa shape index (κ1) is 20.2. The maximum atomic E-state index is 14.8. The Bertz CT molecular complexity index is 1490. The highest BCUT2D eigenvalue weighted by atomic mass is 19.1. The van der Waals surface area contributed by atoms with Gasteiger partial charge in [-0.3, -0.25) is 4.68 Å². The summed E-state index contributed by atoms with van der Waals surface area (Å²) in [6.45, 7) is -0.308. The van der Waals surface area contributed by atoms with Crippen LogP contribution in [0.5, 0.6) is 5.88 Å². The van der Waals surface area contributed by atoms with Crippen molar-refractivity contribution in [1.29, 1.82) is 0 Å². The minimum absolute atomic E-state index is 0.0651. The Balaban J connectivity index is 1.50. The lowest BCUT2D eigenvalue weighted by atomic mass is 10.0. The van der Waals surface area contributed by atoms with Crippen LogP contribution in [0.15, 0.2) is 61.1 Å². The average molecular weight is 448 g/mol. The molecule has 11 heteroatoms. The van der Waals surface area contributed by atoms with E-state index in [2.05, 4.69) is 20.2 Å². The molecule has 5 aromatic rings. The molecule has 33 heavy (non-hydrogen) atoms. The van der Waals surface area contributed by atoms with E-state index in [9.17, 15) is 18.7 Å². The summed E-state index contributed by atoms with van der Waals surface area (Å²) in [5, 5.41) is 27.4. The maximum absolute atomic E-state index is 14.8. The van der Waals surface area contributed by atoms with Gasteiger partial charge < -0.3 is 10.2 Å². The molecule has 5 rings (SSSR count). The van der Waals surface area contributed by atoms with Gasteiger partial charge in [0.2, 0.25) is 5.88 Å². The SMILES string of the molecule is O=C(O)c1cnn(-c2nc(O)c3c(cnn3Cc3c(F)cc(-c4ccccc4)cc3F)n2)c1. The Morgan fingerprint density at radius 3 is 2.36 bits per heavy atom. The molecule has 0 aliphatic heterocycles.